The van der Waals surface area contributed by atoms with E-state index in [4.69, 9.17) is 0 Å². The van der Waals surface area contributed by atoms with Crippen molar-refractivity contribution in [1.82, 2.24) is 10.2 Å². The Kier molecular flexibility index (Phi) is 5.06. The fraction of sp³-hybridized carbons (Fsp3) is 0.556. The third kappa shape index (κ3) is 3.39. The minimum absolute atomic E-state index is 0.0131. The standard InChI is InChI=1S/C18H24N2O3S/c1-11(12-7-9-20(2)10-8-12)19-17(21)15-13-5-3-4-6-14(13)16(24-15)18(22)23/h7,11H,3-6,8-10H2,1-2H3,(H,19,21)(H,22,23). The largest absolute Gasteiger partial charge is 0.477 e. The summed E-state index contributed by atoms with van der Waals surface area (Å²) >= 11 is 1.14. The number of rotatable bonds is 4. The van der Waals surface area contributed by atoms with E-state index in [1.165, 1.54) is 5.57 Å². The highest BCUT2D eigenvalue weighted by atomic mass is 32.1. The number of carboxylic acids is 1. The van der Waals surface area contributed by atoms with Crippen LogP contribution in [0.2, 0.25) is 0 Å². The molecule has 1 aromatic heterocycles. The molecule has 0 saturated heterocycles. The number of hydrogen-bond acceptors (Lipinski definition) is 4. The molecule has 2 aliphatic rings. The Morgan fingerprint density at radius 3 is 2.46 bits per heavy atom. The lowest BCUT2D eigenvalue weighted by Crippen LogP contribution is -2.37. The van der Waals surface area contributed by atoms with Crippen LogP contribution < -0.4 is 5.32 Å². The number of hydrogen-bond donors (Lipinski definition) is 2. The SMILES string of the molecule is CC(NC(=O)c1sc(C(=O)O)c2c1CCCC2)C1=CCN(C)CC1. The Bertz CT molecular complexity index is 693. The smallest absolute Gasteiger partial charge is 0.346 e. The van der Waals surface area contributed by atoms with E-state index in [0.29, 0.717) is 9.75 Å². The quantitative estimate of drug-likeness (QED) is 0.821. The van der Waals surface area contributed by atoms with E-state index >= 15 is 0 Å². The summed E-state index contributed by atoms with van der Waals surface area (Å²) in [6.45, 7) is 3.92. The van der Waals surface area contributed by atoms with Crippen molar-refractivity contribution < 1.29 is 14.7 Å². The third-order valence-electron chi connectivity index (χ3n) is 4.97. The Labute approximate surface area is 146 Å². The number of amides is 1. The molecule has 24 heavy (non-hydrogen) atoms. The molecule has 1 aromatic rings. The molecule has 0 fully saturated rings. The zero-order valence-electron chi connectivity index (χ0n) is 14.2. The second-order valence-corrected chi connectivity index (χ2v) is 7.74. The van der Waals surface area contributed by atoms with Crippen molar-refractivity contribution in [3.8, 4) is 0 Å². The summed E-state index contributed by atoms with van der Waals surface area (Å²) in [4.78, 5) is 27.4. The number of carbonyl (C=O) groups is 2. The molecule has 6 heteroatoms. The first-order valence-corrected chi connectivity index (χ1v) is 9.35. The average molecular weight is 348 g/mol. The Morgan fingerprint density at radius 2 is 1.88 bits per heavy atom. The highest BCUT2D eigenvalue weighted by Gasteiger charge is 2.28. The number of nitrogens with zero attached hydrogens (tertiary/aromatic N) is 1. The van der Waals surface area contributed by atoms with Crippen molar-refractivity contribution in [2.75, 3.05) is 20.1 Å². The summed E-state index contributed by atoms with van der Waals surface area (Å²) in [6, 6.07) is -0.0131. The molecule has 0 saturated carbocycles. The topological polar surface area (TPSA) is 69.6 Å². The summed E-state index contributed by atoms with van der Waals surface area (Å²) in [5.41, 5.74) is 3.10. The predicted molar refractivity (Wildman–Crippen MR) is 95.0 cm³/mol. The molecule has 2 heterocycles. The number of fused-ring (bicyclic) bond motifs is 1. The first kappa shape index (κ1) is 17.2. The monoisotopic (exact) mass is 348 g/mol. The molecule has 1 aliphatic carbocycles. The maximum atomic E-state index is 12.7. The molecule has 1 unspecified atom stereocenters. The van der Waals surface area contributed by atoms with Crippen LogP contribution in [0.3, 0.4) is 0 Å². The lowest BCUT2D eigenvalue weighted by atomic mass is 9.91. The Balaban J connectivity index is 1.79. The number of aromatic carboxylic acids is 1. The van der Waals surface area contributed by atoms with Crippen molar-refractivity contribution in [3.05, 3.63) is 32.5 Å². The normalized spacial score (nSPS) is 19.3. The predicted octanol–water partition coefficient (Wildman–Crippen LogP) is 2.71. The number of carbonyl (C=O) groups excluding carboxylic acids is 1. The van der Waals surface area contributed by atoms with E-state index < -0.39 is 5.97 Å². The first-order chi connectivity index (χ1) is 11.5. The van der Waals surface area contributed by atoms with Gasteiger partial charge in [-0.05, 0) is 62.8 Å². The van der Waals surface area contributed by atoms with Gasteiger partial charge >= 0.3 is 5.97 Å². The zero-order chi connectivity index (χ0) is 17.3. The molecule has 2 N–H and O–H groups in total. The Morgan fingerprint density at radius 1 is 1.21 bits per heavy atom. The molecule has 1 atom stereocenters. The van der Waals surface area contributed by atoms with Crippen LogP contribution in [0.15, 0.2) is 11.6 Å². The van der Waals surface area contributed by atoms with Crippen LogP contribution in [0, 0.1) is 0 Å². The van der Waals surface area contributed by atoms with Gasteiger partial charge in [-0.25, -0.2) is 4.79 Å². The van der Waals surface area contributed by atoms with Gasteiger partial charge in [-0.15, -0.1) is 11.3 Å². The van der Waals surface area contributed by atoms with E-state index in [0.717, 1.165) is 67.7 Å². The van der Waals surface area contributed by atoms with Gasteiger partial charge in [0.05, 0.1) is 4.88 Å². The van der Waals surface area contributed by atoms with Gasteiger partial charge in [-0.2, -0.15) is 0 Å². The molecule has 0 aromatic carbocycles. The summed E-state index contributed by atoms with van der Waals surface area (Å²) < 4.78 is 0. The molecule has 3 rings (SSSR count). The Hall–Kier alpha value is -1.66. The van der Waals surface area contributed by atoms with E-state index in [1.54, 1.807) is 0 Å². The van der Waals surface area contributed by atoms with Gasteiger partial charge in [0.15, 0.2) is 0 Å². The fourth-order valence-corrected chi connectivity index (χ4v) is 4.66. The molecule has 0 radical (unpaired) electrons. The number of nitrogens with one attached hydrogen (secondary N) is 1. The van der Waals surface area contributed by atoms with E-state index in [9.17, 15) is 14.7 Å². The first-order valence-electron chi connectivity index (χ1n) is 8.53. The molecule has 0 spiro atoms. The minimum atomic E-state index is -0.914. The highest BCUT2D eigenvalue weighted by Crippen LogP contribution is 2.34. The van der Waals surface area contributed by atoms with E-state index in [2.05, 4.69) is 23.3 Å². The summed E-state index contributed by atoms with van der Waals surface area (Å²) in [6.07, 6.45) is 6.75. The summed E-state index contributed by atoms with van der Waals surface area (Å²) in [5, 5.41) is 12.5. The number of thiophene rings is 1. The van der Waals surface area contributed by atoms with Gasteiger partial charge in [-0.3, -0.25) is 4.79 Å². The van der Waals surface area contributed by atoms with Crippen LogP contribution in [-0.2, 0) is 12.8 Å². The van der Waals surface area contributed by atoms with Crippen LogP contribution in [0.4, 0.5) is 0 Å². The molecule has 1 amide bonds. The van der Waals surface area contributed by atoms with Crippen molar-refractivity contribution in [3.63, 3.8) is 0 Å². The third-order valence-corrected chi connectivity index (χ3v) is 6.23. The van der Waals surface area contributed by atoms with Gasteiger partial charge in [0, 0.05) is 19.1 Å². The van der Waals surface area contributed by atoms with Gasteiger partial charge < -0.3 is 15.3 Å². The molecular weight excluding hydrogens is 324 g/mol. The van der Waals surface area contributed by atoms with E-state index in [-0.39, 0.29) is 11.9 Å². The van der Waals surface area contributed by atoms with Crippen molar-refractivity contribution in [2.45, 2.75) is 45.1 Å². The molecule has 1 aliphatic heterocycles. The van der Waals surface area contributed by atoms with Crippen LogP contribution in [0.25, 0.3) is 0 Å². The average Bonchev–Trinajstić information content (AvgIpc) is 2.95. The van der Waals surface area contributed by atoms with Crippen molar-refractivity contribution in [1.29, 1.82) is 0 Å². The van der Waals surface area contributed by atoms with Crippen molar-refractivity contribution >= 4 is 23.2 Å². The number of likely N-dealkylation sites (N-methyl/N-ethyl adjacent to an activating group) is 1. The molecule has 0 bridgehead atoms. The van der Waals surface area contributed by atoms with Crippen LogP contribution in [0.1, 0.15) is 56.7 Å². The van der Waals surface area contributed by atoms with Crippen LogP contribution in [0.5, 0.6) is 0 Å². The summed E-state index contributed by atoms with van der Waals surface area (Å²) in [5.74, 6) is -1.04. The zero-order valence-corrected chi connectivity index (χ0v) is 15.0. The second-order valence-electron chi connectivity index (χ2n) is 6.72. The number of carboxylic acid groups (broad SMARTS) is 1. The molecule has 130 valence electrons. The van der Waals surface area contributed by atoms with Crippen molar-refractivity contribution in [2.24, 2.45) is 0 Å². The lowest BCUT2D eigenvalue weighted by Gasteiger charge is -2.26. The van der Waals surface area contributed by atoms with Gasteiger partial charge in [0.25, 0.3) is 5.91 Å². The second kappa shape index (κ2) is 7.07. The lowest BCUT2D eigenvalue weighted by molar-refractivity contribution is 0.0700. The van der Waals surface area contributed by atoms with Crippen LogP contribution >= 0.6 is 11.3 Å². The maximum absolute atomic E-state index is 12.7. The fourth-order valence-electron chi connectivity index (χ4n) is 3.52. The van der Waals surface area contributed by atoms with Crippen LogP contribution in [-0.4, -0.2) is 48.1 Å². The minimum Gasteiger partial charge on any atom is -0.477 e. The van der Waals surface area contributed by atoms with E-state index in [1.807, 2.05) is 6.92 Å². The van der Waals surface area contributed by atoms with Gasteiger partial charge in [-0.1, -0.05) is 6.08 Å². The summed E-state index contributed by atoms with van der Waals surface area (Å²) in [7, 11) is 2.09. The van der Waals surface area contributed by atoms with Gasteiger partial charge in [0.2, 0.25) is 0 Å². The highest BCUT2D eigenvalue weighted by molar-refractivity contribution is 7.16. The molecular formula is C18H24N2O3S. The maximum Gasteiger partial charge on any atom is 0.346 e. The molecule has 5 nitrogen and oxygen atoms in total. The van der Waals surface area contributed by atoms with Gasteiger partial charge in [0.1, 0.15) is 4.88 Å².